The molecule has 0 radical (unpaired) electrons. The molecular weight excluding hydrogens is 448 g/mol. The van der Waals surface area contributed by atoms with Crippen molar-refractivity contribution in [3.05, 3.63) is 78.4 Å². The number of likely N-dealkylation sites (tertiary alicyclic amines) is 1. The number of piperidine rings is 1. The minimum atomic E-state index is -0.993. The van der Waals surface area contributed by atoms with Crippen LogP contribution in [-0.2, 0) is 21.7 Å². The van der Waals surface area contributed by atoms with Crippen molar-refractivity contribution >= 4 is 5.91 Å². The summed E-state index contributed by atoms with van der Waals surface area (Å²) in [6, 6.07) is 18.7. The second kappa shape index (κ2) is 13.1. The summed E-state index contributed by atoms with van der Waals surface area (Å²) in [6.45, 7) is 7.30. The number of ether oxygens (including phenoxy) is 2. The molecule has 2 aromatic carbocycles. The Balaban J connectivity index is 1.51. The molecule has 1 saturated carbocycles. The number of unbranched alkanes of at least 4 members (excludes halogenated alkanes) is 1. The fourth-order valence-corrected chi connectivity index (χ4v) is 5.84. The third-order valence-corrected chi connectivity index (χ3v) is 7.82. The number of allylic oxidation sites excluding steroid dienone is 1. The van der Waals surface area contributed by atoms with Crippen molar-refractivity contribution in [2.45, 2.75) is 69.6 Å². The first-order valence-corrected chi connectivity index (χ1v) is 13.6. The Morgan fingerprint density at radius 2 is 1.83 bits per heavy atom. The zero-order chi connectivity index (χ0) is 25.2. The molecule has 1 atom stereocenters. The van der Waals surface area contributed by atoms with Gasteiger partial charge in [0.05, 0.1) is 7.11 Å². The van der Waals surface area contributed by atoms with Gasteiger partial charge in [-0.2, -0.15) is 0 Å². The van der Waals surface area contributed by atoms with Crippen LogP contribution in [0.15, 0.2) is 67.3 Å². The number of nitrogens with one attached hydrogen (secondary N) is 1. The van der Waals surface area contributed by atoms with Gasteiger partial charge in [0.1, 0.15) is 5.75 Å². The van der Waals surface area contributed by atoms with Gasteiger partial charge in [0.2, 0.25) is 0 Å². The van der Waals surface area contributed by atoms with E-state index in [2.05, 4.69) is 47.1 Å². The summed E-state index contributed by atoms with van der Waals surface area (Å²) in [6.07, 6.45) is 9.82. The molecule has 0 spiro atoms. The lowest BCUT2D eigenvalue weighted by Crippen LogP contribution is -2.55. The number of methoxy groups -OCH3 is 1. The molecule has 5 nitrogen and oxygen atoms in total. The highest BCUT2D eigenvalue weighted by Crippen LogP contribution is 2.45. The summed E-state index contributed by atoms with van der Waals surface area (Å²) in [5.41, 5.74) is 1.26. The first kappa shape index (κ1) is 26.4. The minimum Gasteiger partial charge on any atom is -0.497 e. The average molecular weight is 491 g/mol. The number of nitrogens with zero attached hydrogens (tertiary/aromatic N) is 1. The summed E-state index contributed by atoms with van der Waals surface area (Å²) >= 11 is 0. The molecule has 1 N–H and O–H groups in total. The van der Waals surface area contributed by atoms with Gasteiger partial charge in [0.15, 0.2) is 5.60 Å². The van der Waals surface area contributed by atoms with Crippen molar-refractivity contribution in [2.24, 2.45) is 5.92 Å². The first-order valence-electron chi connectivity index (χ1n) is 13.6. The maximum Gasteiger partial charge on any atom is 0.257 e. The molecule has 1 heterocycles. The Bertz CT molecular complexity index is 965. The van der Waals surface area contributed by atoms with Gasteiger partial charge in [-0.05, 0) is 61.8 Å². The van der Waals surface area contributed by atoms with Crippen LogP contribution < -0.4 is 10.1 Å². The monoisotopic (exact) mass is 490 g/mol. The fraction of sp³-hybridized carbons (Fsp3) is 0.516. The van der Waals surface area contributed by atoms with Crippen LogP contribution in [0.1, 0.15) is 62.5 Å². The molecule has 1 saturated heterocycles. The molecule has 1 aliphatic carbocycles. The zero-order valence-corrected chi connectivity index (χ0v) is 21.8. The number of rotatable bonds is 12. The van der Waals surface area contributed by atoms with Crippen LogP contribution in [0.2, 0.25) is 0 Å². The lowest BCUT2D eigenvalue weighted by atomic mass is 9.78. The largest absolute Gasteiger partial charge is 0.497 e. The van der Waals surface area contributed by atoms with Crippen molar-refractivity contribution in [2.75, 3.05) is 26.8 Å². The van der Waals surface area contributed by atoms with Crippen molar-refractivity contribution in [1.29, 1.82) is 0 Å². The Morgan fingerprint density at radius 3 is 2.53 bits per heavy atom. The maximum absolute atomic E-state index is 14.2. The quantitative estimate of drug-likeness (QED) is 0.300. The van der Waals surface area contributed by atoms with E-state index in [4.69, 9.17) is 9.47 Å². The van der Waals surface area contributed by atoms with Crippen LogP contribution >= 0.6 is 0 Å². The second-order valence-electron chi connectivity index (χ2n) is 10.2. The molecule has 2 fully saturated rings. The van der Waals surface area contributed by atoms with Gasteiger partial charge in [-0.1, -0.05) is 61.4 Å². The number of hydrogen-bond acceptors (Lipinski definition) is 4. The Morgan fingerprint density at radius 1 is 1.08 bits per heavy atom. The van der Waals surface area contributed by atoms with Crippen LogP contribution in [0.5, 0.6) is 5.75 Å². The van der Waals surface area contributed by atoms with Gasteiger partial charge in [0.25, 0.3) is 5.91 Å². The summed E-state index contributed by atoms with van der Waals surface area (Å²) < 4.78 is 12.2. The van der Waals surface area contributed by atoms with Gasteiger partial charge >= 0.3 is 0 Å². The number of carbonyl (C=O) groups is 1. The predicted molar refractivity (Wildman–Crippen MR) is 145 cm³/mol. The lowest BCUT2D eigenvalue weighted by Gasteiger charge is -2.40. The molecule has 5 heteroatoms. The Hall–Kier alpha value is -2.63. The molecule has 0 aromatic heterocycles. The van der Waals surface area contributed by atoms with Crippen LogP contribution in [0.4, 0.5) is 0 Å². The van der Waals surface area contributed by atoms with E-state index >= 15 is 0 Å². The molecular formula is C31H42N2O3. The number of amides is 1. The van der Waals surface area contributed by atoms with Gasteiger partial charge in [-0.25, -0.2) is 0 Å². The fourth-order valence-electron chi connectivity index (χ4n) is 5.84. The summed E-state index contributed by atoms with van der Waals surface area (Å²) in [7, 11) is 1.67. The lowest BCUT2D eigenvalue weighted by molar-refractivity contribution is -0.160. The highest BCUT2D eigenvalue weighted by molar-refractivity contribution is 5.87. The average Bonchev–Trinajstić information content (AvgIpc) is 3.46. The van der Waals surface area contributed by atoms with Crippen LogP contribution in [-0.4, -0.2) is 43.7 Å². The van der Waals surface area contributed by atoms with Crippen molar-refractivity contribution in [3.63, 3.8) is 0 Å². The van der Waals surface area contributed by atoms with Gasteiger partial charge < -0.3 is 14.8 Å². The van der Waals surface area contributed by atoms with Crippen molar-refractivity contribution in [1.82, 2.24) is 10.2 Å². The Labute approximate surface area is 216 Å². The molecule has 1 unspecified atom stereocenters. The van der Waals surface area contributed by atoms with Gasteiger partial charge in [0, 0.05) is 38.2 Å². The smallest absolute Gasteiger partial charge is 0.257 e. The van der Waals surface area contributed by atoms with E-state index in [0.717, 1.165) is 82.3 Å². The van der Waals surface area contributed by atoms with Crippen LogP contribution in [0, 0.1) is 5.92 Å². The predicted octanol–water partition coefficient (Wildman–Crippen LogP) is 5.84. The van der Waals surface area contributed by atoms with Crippen molar-refractivity contribution in [3.8, 4) is 5.75 Å². The topological polar surface area (TPSA) is 50.8 Å². The highest BCUT2D eigenvalue weighted by atomic mass is 16.5. The van der Waals surface area contributed by atoms with Crippen molar-refractivity contribution < 1.29 is 14.3 Å². The van der Waals surface area contributed by atoms with E-state index in [1.54, 1.807) is 7.11 Å². The van der Waals surface area contributed by atoms with E-state index in [0.29, 0.717) is 6.61 Å². The van der Waals surface area contributed by atoms with E-state index in [-0.39, 0.29) is 17.9 Å². The molecule has 1 amide bonds. The third kappa shape index (κ3) is 6.37. The summed E-state index contributed by atoms with van der Waals surface area (Å²) in [5, 5.41) is 3.45. The summed E-state index contributed by atoms with van der Waals surface area (Å²) in [4.78, 5) is 16.7. The molecule has 36 heavy (non-hydrogen) atoms. The van der Waals surface area contributed by atoms with Gasteiger partial charge in [-0.3, -0.25) is 9.69 Å². The van der Waals surface area contributed by atoms with Crippen LogP contribution in [0.25, 0.3) is 0 Å². The van der Waals surface area contributed by atoms with E-state index in [1.165, 1.54) is 5.56 Å². The van der Waals surface area contributed by atoms with E-state index < -0.39 is 5.60 Å². The molecule has 194 valence electrons. The maximum atomic E-state index is 14.2. The normalized spacial score (nSPS) is 19.0. The number of benzene rings is 2. The third-order valence-electron chi connectivity index (χ3n) is 7.82. The second-order valence-corrected chi connectivity index (χ2v) is 10.2. The minimum absolute atomic E-state index is 0.0164. The summed E-state index contributed by atoms with van der Waals surface area (Å²) in [5.74, 6) is 0.931. The molecule has 2 aromatic rings. The van der Waals surface area contributed by atoms with Gasteiger partial charge in [-0.15, -0.1) is 6.58 Å². The first-order chi connectivity index (χ1) is 17.7. The Kier molecular flexibility index (Phi) is 9.60. The number of hydrogen-bond donors (Lipinski definition) is 1. The molecule has 1 aliphatic heterocycles. The van der Waals surface area contributed by atoms with E-state index in [1.807, 2.05) is 30.3 Å². The SMILES string of the molecule is C=CCCCOC(C(=O)NC1CCN(Cc2ccccc2)CC1)(c1cccc(OC)c1)C1CCCC1. The molecule has 0 bridgehead atoms. The van der Waals surface area contributed by atoms with Crippen LogP contribution in [0.3, 0.4) is 0 Å². The standard InChI is InChI=1S/C31H42N2O3/c1-3-4-10-22-36-31(26-14-8-9-15-26,27-16-11-17-29(23-27)35-2)30(34)32-28-18-20-33(21-19-28)24-25-12-6-5-7-13-25/h3,5-7,11-13,16-17,23,26,28H,1,4,8-10,14-15,18-22,24H2,2H3,(H,32,34). The highest BCUT2D eigenvalue weighted by Gasteiger charge is 2.50. The molecule has 4 rings (SSSR count). The zero-order valence-electron chi connectivity index (χ0n) is 21.8. The molecule has 2 aliphatic rings. The number of carbonyl (C=O) groups excluding carboxylic acids is 1. The van der Waals surface area contributed by atoms with E-state index in [9.17, 15) is 4.79 Å².